The van der Waals surface area contributed by atoms with E-state index in [0.29, 0.717) is 10.6 Å². The molecule has 1 rings (SSSR count). The maximum atomic E-state index is 12.1. The Morgan fingerprint density at radius 1 is 1.40 bits per heavy atom. The predicted octanol–water partition coefficient (Wildman–Crippen LogP) is 0.987. The van der Waals surface area contributed by atoms with Gasteiger partial charge in [0, 0.05) is 27.1 Å². The number of carbonyl (C=O) groups is 1. The zero-order chi connectivity index (χ0) is 15.5. The first-order chi connectivity index (χ1) is 9.15. The van der Waals surface area contributed by atoms with Crippen LogP contribution in [0.2, 0.25) is 5.02 Å². The quantitative estimate of drug-likeness (QED) is 0.791. The van der Waals surface area contributed by atoms with E-state index in [1.807, 2.05) is 0 Å². The lowest BCUT2D eigenvalue weighted by Gasteiger charge is -2.12. The van der Waals surface area contributed by atoms with Crippen molar-refractivity contribution < 1.29 is 13.2 Å². The highest BCUT2D eigenvalue weighted by molar-refractivity contribution is 7.89. The van der Waals surface area contributed by atoms with Crippen LogP contribution in [0.5, 0.6) is 0 Å². The van der Waals surface area contributed by atoms with E-state index >= 15 is 0 Å². The summed E-state index contributed by atoms with van der Waals surface area (Å²) >= 11 is 5.89. The Hall–Kier alpha value is -1.31. The van der Waals surface area contributed by atoms with Gasteiger partial charge in [-0.15, -0.1) is 0 Å². The average Bonchev–Trinajstić information content (AvgIpc) is 2.34. The maximum absolute atomic E-state index is 12.1. The molecule has 1 aromatic rings. The minimum Gasteiger partial charge on any atom is -0.397 e. The zero-order valence-electron chi connectivity index (χ0n) is 11.6. The molecule has 0 fully saturated rings. The van der Waals surface area contributed by atoms with Gasteiger partial charge in [-0.3, -0.25) is 4.79 Å². The third-order valence-corrected chi connectivity index (χ3v) is 4.65. The topological polar surface area (TPSA) is 92.5 Å². The number of sulfonamides is 1. The van der Waals surface area contributed by atoms with Crippen molar-refractivity contribution >= 4 is 33.2 Å². The van der Waals surface area contributed by atoms with Gasteiger partial charge >= 0.3 is 0 Å². The Bertz CT molecular complexity index is 591. The predicted molar refractivity (Wildman–Crippen MR) is 79.1 cm³/mol. The fourth-order valence-electron chi connectivity index (χ4n) is 1.52. The number of anilines is 1. The first kappa shape index (κ1) is 16.7. The Morgan fingerprint density at radius 2 is 2.00 bits per heavy atom. The van der Waals surface area contributed by atoms with Crippen molar-refractivity contribution in [3.63, 3.8) is 0 Å². The van der Waals surface area contributed by atoms with Gasteiger partial charge in [-0.1, -0.05) is 11.6 Å². The highest BCUT2D eigenvalue weighted by Crippen LogP contribution is 2.26. The normalized spacial score (nSPS) is 11.4. The lowest BCUT2D eigenvalue weighted by atomic mass is 10.2. The van der Waals surface area contributed by atoms with Crippen molar-refractivity contribution in [1.29, 1.82) is 0 Å². The molecule has 20 heavy (non-hydrogen) atoms. The minimum atomic E-state index is -3.70. The number of halogens is 1. The molecule has 1 aromatic carbocycles. The molecular formula is C12H18ClN3O3S. The highest BCUT2D eigenvalue weighted by Gasteiger charge is 2.17. The second kappa shape index (κ2) is 6.43. The average molecular weight is 320 g/mol. The number of hydrogen-bond donors (Lipinski definition) is 2. The van der Waals surface area contributed by atoms with Crippen LogP contribution in [0.1, 0.15) is 12.0 Å². The number of nitrogens with zero attached hydrogens (tertiary/aromatic N) is 1. The van der Waals surface area contributed by atoms with Gasteiger partial charge in [0.05, 0.1) is 15.6 Å². The molecule has 1 amide bonds. The number of nitrogen functional groups attached to an aromatic ring is 1. The number of carbonyl (C=O) groups excluding carboxylic acids is 1. The molecule has 3 N–H and O–H groups in total. The number of nitrogens with two attached hydrogens (primary N) is 1. The summed E-state index contributed by atoms with van der Waals surface area (Å²) < 4.78 is 26.5. The van der Waals surface area contributed by atoms with Crippen molar-refractivity contribution in [2.45, 2.75) is 18.2 Å². The van der Waals surface area contributed by atoms with Gasteiger partial charge < -0.3 is 10.6 Å². The molecule has 112 valence electrons. The number of hydrogen-bond acceptors (Lipinski definition) is 4. The van der Waals surface area contributed by atoms with Gasteiger partial charge in [-0.25, -0.2) is 13.1 Å². The van der Waals surface area contributed by atoms with Crippen molar-refractivity contribution in [3.8, 4) is 0 Å². The second-order valence-corrected chi connectivity index (χ2v) is 6.72. The summed E-state index contributed by atoms with van der Waals surface area (Å²) in [5.41, 5.74) is 6.43. The van der Waals surface area contributed by atoms with Crippen LogP contribution < -0.4 is 10.5 Å². The van der Waals surface area contributed by atoms with E-state index in [9.17, 15) is 13.2 Å². The zero-order valence-corrected chi connectivity index (χ0v) is 13.2. The number of benzene rings is 1. The summed E-state index contributed by atoms with van der Waals surface area (Å²) in [7, 11) is -0.480. The van der Waals surface area contributed by atoms with Crippen LogP contribution in [0.4, 0.5) is 5.69 Å². The fraction of sp³-hybridized carbons (Fsp3) is 0.417. The molecule has 0 saturated heterocycles. The fourth-order valence-corrected chi connectivity index (χ4v) is 2.78. The van der Waals surface area contributed by atoms with E-state index in [1.165, 1.54) is 17.0 Å². The Morgan fingerprint density at radius 3 is 2.50 bits per heavy atom. The molecular weight excluding hydrogens is 302 g/mol. The van der Waals surface area contributed by atoms with Crippen molar-refractivity contribution in [3.05, 3.63) is 22.7 Å². The van der Waals surface area contributed by atoms with E-state index in [1.54, 1.807) is 21.0 Å². The Labute approximate surface area is 123 Å². The van der Waals surface area contributed by atoms with E-state index < -0.39 is 10.0 Å². The molecule has 0 radical (unpaired) electrons. The van der Waals surface area contributed by atoms with Crippen LogP contribution in [-0.4, -0.2) is 39.9 Å². The summed E-state index contributed by atoms with van der Waals surface area (Å²) in [4.78, 5) is 12.8. The molecule has 0 aliphatic heterocycles. The van der Waals surface area contributed by atoms with E-state index in [0.717, 1.165) is 0 Å². The molecule has 8 heteroatoms. The molecule has 0 aliphatic carbocycles. The summed E-state index contributed by atoms with van der Waals surface area (Å²) in [6.45, 7) is 1.70. The monoisotopic (exact) mass is 319 g/mol. The minimum absolute atomic E-state index is 0.0287. The summed E-state index contributed by atoms with van der Waals surface area (Å²) in [5.74, 6) is -0.153. The van der Waals surface area contributed by atoms with Crippen LogP contribution in [0.25, 0.3) is 0 Å². The molecule has 0 aliphatic rings. The highest BCUT2D eigenvalue weighted by atomic mass is 35.5. The lowest BCUT2D eigenvalue weighted by Crippen LogP contribution is -2.30. The number of nitrogens with one attached hydrogen (secondary N) is 1. The van der Waals surface area contributed by atoms with Gasteiger partial charge in [0.2, 0.25) is 15.9 Å². The Balaban J connectivity index is 2.82. The first-order valence-corrected chi connectivity index (χ1v) is 7.76. The molecule has 0 bridgehead atoms. The van der Waals surface area contributed by atoms with Gasteiger partial charge in [-0.05, 0) is 24.6 Å². The van der Waals surface area contributed by atoms with Crippen LogP contribution >= 0.6 is 11.6 Å². The van der Waals surface area contributed by atoms with Gasteiger partial charge in [0.25, 0.3) is 0 Å². The smallest absolute Gasteiger partial charge is 0.240 e. The van der Waals surface area contributed by atoms with Crippen molar-refractivity contribution in [1.82, 2.24) is 9.62 Å². The molecule has 0 spiro atoms. The molecule has 0 saturated carbocycles. The van der Waals surface area contributed by atoms with E-state index in [4.69, 9.17) is 17.3 Å². The molecule has 0 aromatic heterocycles. The van der Waals surface area contributed by atoms with Crippen LogP contribution in [0, 0.1) is 6.92 Å². The number of aryl methyl sites for hydroxylation is 1. The Kier molecular flexibility index (Phi) is 5.38. The standard InChI is InChI=1S/C12H18ClN3O3S/c1-8-6-9(7-10(14)12(8)13)20(18,19)15-5-4-11(17)16(2)3/h6-7,15H,4-5,14H2,1-3H3. The lowest BCUT2D eigenvalue weighted by molar-refractivity contribution is -0.128. The third-order valence-electron chi connectivity index (χ3n) is 2.70. The summed E-state index contributed by atoms with van der Waals surface area (Å²) in [5, 5.41) is 0.340. The van der Waals surface area contributed by atoms with Crippen molar-refractivity contribution in [2.75, 3.05) is 26.4 Å². The van der Waals surface area contributed by atoms with Gasteiger partial charge in [-0.2, -0.15) is 0 Å². The van der Waals surface area contributed by atoms with E-state index in [-0.39, 0.29) is 29.5 Å². The first-order valence-electron chi connectivity index (χ1n) is 5.90. The third kappa shape index (κ3) is 4.09. The second-order valence-electron chi connectivity index (χ2n) is 4.58. The largest absolute Gasteiger partial charge is 0.397 e. The summed E-state index contributed by atoms with van der Waals surface area (Å²) in [6.07, 6.45) is 0.0916. The molecule has 0 atom stereocenters. The maximum Gasteiger partial charge on any atom is 0.240 e. The van der Waals surface area contributed by atoms with Crippen LogP contribution in [0.15, 0.2) is 17.0 Å². The number of amides is 1. The summed E-state index contributed by atoms with van der Waals surface area (Å²) in [6, 6.07) is 2.74. The SMILES string of the molecule is Cc1cc(S(=O)(=O)NCCC(=O)N(C)C)cc(N)c1Cl. The van der Waals surface area contributed by atoms with Gasteiger partial charge in [0.15, 0.2) is 0 Å². The molecule has 6 nitrogen and oxygen atoms in total. The van der Waals surface area contributed by atoms with E-state index in [2.05, 4.69) is 4.72 Å². The molecule has 0 heterocycles. The number of rotatable bonds is 5. The van der Waals surface area contributed by atoms with Gasteiger partial charge in [0.1, 0.15) is 0 Å². The van der Waals surface area contributed by atoms with Crippen LogP contribution in [0.3, 0.4) is 0 Å². The molecule has 0 unspecified atom stereocenters. The van der Waals surface area contributed by atoms with Crippen molar-refractivity contribution in [2.24, 2.45) is 0 Å². The van der Waals surface area contributed by atoms with Crippen LogP contribution in [-0.2, 0) is 14.8 Å².